The van der Waals surface area contributed by atoms with E-state index in [0.717, 1.165) is 32.5 Å². The summed E-state index contributed by atoms with van der Waals surface area (Å²) in [5.41, 5.74) is 7.28. The molecule has 0 amide bonds. The van der Waals surface area contributed by atoms with E-state index in [0.29, 0.717) is 5.92 Å². The number of hydrogen-bond acceptors (Lipinski definition) is 3. The summed E-state index contributed by atoms with van der Waals surface area (Å²) < 4.78 is 5.30. The van der Waals surface area contributed by atoms with Crippen molar-refractivity contribution in [1.82, 2.24) is 0 Å². The number of hydrogen-bond donors (Lipinski definition) is 2. The highest BCUT2D eigenvalue weighted by molar-refractivity contribution is 5.16. The van der Waals surface area contributed by atoms with Gasteiger partial charge in [-0.1, -0.05) is 30.3 Å². The summed E-state index contributed by atoms with van der Waals surface area (Å²) in [6.07, 6.45) is 2.16. The largest absolute Gasteiger partial charge is 0.391 e. The molecule has 0 radical (unpaired) electrons. The number of ether oxygens (including phenoxy) is 1. The summed E-state index contributed by atoms with van der Waals surface area (Å²) in [5.74, 6) is 0.294. The molecule has 2 rings (SSSR count). The van der Waals surface area contributed by atoms with Gasteiger partial charge >= 0.3 is 0 Å². The summed E-state index contributed by atoms with van der Waals surface area (Å²) in [5, 5.41) is 10.2. The highest BCUT2D eigenvalue weighted by Crippen LogP contribution is 2.21. The van der Waals surface area contributed by atoms with Gasteiger partial charge in [0.2, 0.25) is 0 Å². The number of nitrogens with two attached hydrogens (primary N) is 1. The zero-order valence-corrected chi connectivity index (χ0v) is 10.1. The van der Waals surface area contributed by atoms with E-state index in [1.807, 2.05) is 18.2 Å². The molecule has 17 heavy (non-hydrogen) atoms. The molecule has 2 unspecified atom stereocenters. The van der Waals surface area contributed by atoms with Gasteiger partial charge in [0, 0.05) is 19.3 Å². The molecule has 94 valence electrons. The fraction of sp³-hybridized carbons (Fsp3) is 0.571. The number of benzene rings is 1. The summed E-state index contributed by atoms with van der Waals surface area (Å²) in [7, 11) is 0. The lowest BCUT2D eigenvalue weighted by atomic mass is 9.87. The molecule has 3 heteroatoms. The molecule has 2 atom stereocenters. The Morgan fingerprint density at radius 1 is 1.24 bits per heavy atom. The molecule has 0 spiro atoms. The van der Waals surface area contributed by atoms with E-state index in [1.165, 1.54) is 5.56 Å². The van der Waals surface area contributed by atoms with Crippen LogP contribution in [-0.2, 0) is 11.2 Å². The zero-order valence-electron chi connectivity index (χ0n) is 10.1. The van der Waals surface area contributed by atoms with Crippen molar-refractivity contribution in [2.75, 3.05) is 13.2 Å². The van der Waals surface area contributed by atoms with Gasteiger partial charge in [-0.05, 0) is 30.7 Å². The Morgan fingerprint density at radius 3 is 2.53 bits per heavy atom. The van der Waals surface area contributed by atoms with Crippen molar-refractivity contribution in [3.63, 3.8) is 0 Å². The van der Waals surface area contributed by atoms with Crippen LogP contribution in [0.3, 0.4) is 0 Å². The molecule has 1 aliphatic rings. The van der Waals surface area contributed by atoms with Gasteiger partial charge in [-0.3, -0.25) is 0 Å². The fourth-order valence-corrected chi connectivity index (χ4v) is 2.41. The monoisotopic (exact) mass is 235 g/mol. The van der Waals surface area contributed by atoms with Crippen molar-refractivity contribution in [3.8, 4) is 0 Å². The second-order valence-electron chi connectivity index (χ2n) is 4.79. The summed E-state index contributed by atoms with van der Waals surface area (Å²) in [6, 6.07) is 9.92. The van der Waals surface area contributed by atoms with Crippen LogP contribution >= 0.6 is 0 Å². The molecular formula is C14H21NO2. The van der Waals surface area contributed by atoms with E-state index >= 15 is 0 Å². The molecule has 0 aliphatic carbocycles. The minimum Gasteiger partial charge on any atom is -0.391 e. The van der Waals surface area contributed by atoms with Crippen molar-refractivity contribution in [2.24, 2.45) is 11.7 Å². The number of aliphatic hydroxyl groups excluding tert-OH is 1. The smallest absolute Gasteiger partial charge is 0.0724 e. The minimum atomic E-state index is -0.417. The summed E-state index contributed by atoms with van der Waals surface area (Å²) in [4.78, 5) is 0. The molecule has 1 aliphatic heterocycles. The molecular weight excluding hydrogens is 214 g/mol. The van der Waals surface area contributed by atoms with E-state index in [9.17, 15) is 5.11 Å². The Balaban J connectivity index is 1.88. The highest BCUT2D eigenvalue weighted by Gasteiger charge is 2.26. The van der Waals surface area contributed by atoms with E-state index in [-0.39, 0.29) is 6.04 Å². The van der Waals surface area contributed by atoms with Gasteiger partial charge in [-0.15, -0.1) is 0 Å². The van der Waals surface area contributed by atoms with E-state index in [1.54, 1.807) is 0 Å². The average Bonchev–Trinajstić information content (AvgIpc) is 2.40. The van der Waals surface area contributed by atoms with Gasteiger partial charge in [-0.25, -0.2) is 0 Å². The van der Waals surface area contributed by atoms with Crippen LogP contribution in [0.4, 0.5) is 0 Å². The van der Waals surface area contributed by atoms with Crippen LogP contribution in [-0.4, -0.2) is 30.5 Å². The number of aliphatic hydroxyl groups is 1. The summed E-state index contributed by atoms with van der Waals surface area (Å²) in [6.45, 7) is 1.50. The van der Waals surface area contributed by atoms with Crippen LogP contribution in [0.5, 0.6) is 0 Å². The van der Waals surface area contributed by atoms with Crippen LogP contribution in [0.25, 0.3) is 0 Å². The molecule has 1 heterocycles. The van der Waals surface area contributed by atoms with Crippen LogP contribution in [0, 0.1) is 5.92 Å². The van der Waals surface area contributed by atoms with E-state index in [2.05, 4.69) is 12.1 Å². The van der Waals surface area contributed by atoms with Crippen molar-refractivity contribution in [1.29, 1.82) is 0 Å². The van der Waals surface area contributed by atoms with Crippen molar-refractivity contribution in [2.45, 2.75) is 31.4 Å². The molecule has 1 aromatic carbocycles. The van der Waals surface area contributed by atoms with Gasteiger partial charge in [0.15, 0.2) is 0 Å². The first kappa shape index (κ1) is 12.6. The molecule has 1 fully saturated rings. The maximum atomic E-state index is 10.2. The molecule has 3 N–H and O–H groups in total. The van der Waals surface area contributed by atoms with Crippen molar-refractivity contribution in [3.05, 3.63) is 35.9 Å². The molecule has 0 bridgehead atoms. The first-order valence-electron chi connectivity index (χ1n) is 6.32. The lowest BCUT2D eigenvalue weighted by Crippen LogP contribution is -2.43. The Bertz CT molecular complexity index is 322. The molecule has 0 saturated carbocycles. The predicted octanol–water partition coefficient (Wildman–Crippen LogP) is 1.34. The number of rotatable bonds is 4. The van der Waals surface area contributed by atoms with Gasteiger partial charge in [0.1, 0.15) is 0 Å². The third-order valence-corrected chi connectivity index (χ3v) is 3.50. The SMILES string of the molecule is NC(Cc1ccccc1)C(O)C1CCOCC1. The van der Waals surface area contributed by atoms with E-state index < -0.39 is 6.10 Å². The van der Waals surface area contributed by atoms with E-state index in [4.69, 9.17) is 10.5 Å². The predicted molar refractivity (Wildman–Crippen MR) is 67.7 cm³/mol. The van der Waals surface area contributed by atoms with Gasteiger partial charge in [-0.2, -0.15) is 0 Å². The van der Waals surface area contributed by atoms with Crippen LogP contribution in [0.15, 0.2) is 30.3 Å². The lowest BCUT2D eigenvalue weighted by Gasteiger charge is -2.30. The van der Waals surface area contributed by atoms with Crippen molar-refractivity contribution >= 4 is 0 Å². The quantitative estimate of drug-likeness (QED) is 0.828. The third kappa shape index (κ3) is 3.53. The standard InChI is InChI=1S/C14H21NO2/c15-13(10-11-4-2-1-3-5-11)14(16)12-6-8-17-9-7-12/h1-5,12-14,16H,6-10,15H2. The van der Waals surface area contributed by atoms with Crippen LogP contribution in [0.1, 0.15) is 18.4 Å². The first-order chi connectivity index (χ1) is 8.27. The van der Waals surface area contributed by atoms with Gasteiger partial charge in [0.05, 0.1) is 6.10 Å². The Morgan fingerprint density at radius 2 is 1.88 bits per heavy atom. The third-order valence-electron chi connectivity index (χ3n) is 3.50. The van der Waals surface area contributed by atoms with Crippen LogP contribution < -0.4 is 5.73 Å². The Kier molecular flexibility index (Phi) is 4.54. The second-order valence-corrected chi connectivity index (χ2v) is 4.79. The zero-order chi connectivity index (χ0) is 12.1. The van der Waals surface area contributed by atoms with Crippen molar-refractivity contribution < 1.29 is 9.84 Å². The second kappa shape index (κ2) is 6.15. The Hall–Kier alpha value is -0.900. The minimum absolute atomic E-state index is 0.180. The molecule has 0 aromatic heterocycles. The van der Waals surface area contributed by atoms with Crippen LogP contribution in [0.2, 0.25) is 0 Å². The maximum absolute atomic E-state index is 10.2. The molecule has 3 nitrogen and oxygen atoms in total. The first-order valence-corrected chi connectivity index (χ1v) is 6.32. The highest BCUT2D eigenvalue weighted by atomic mass is 16.5. The molecule has 1 aromatic rings. The lowest BCUT2D eigenvalue weighted by molar-refractivity contribution is -0.00186. The maximum Gasteiger partial charge on any atom is 0.0724 e. The topological polar surface area (TPSA) is 55.5 Å². The summed E-state index contributed by atoms with van der Waals surface area (Å²) >= 11 is 0. The Labute approximate surface area is 103 Å². The fourth-order valence-electron chi connectivity index (χ4n) is 2.41. The molecule has 1 saturated heterocycles. The normalized spacial score (nSPS) is 21.1. The van der Waals surface area contributed by atoms with Gasteiger partial charge < -0.3 is 15.6 Å². The average molecular weight is 235 g/mol. The van der Waals surface area contributed by atoms with Gasteiger partial charge in [0.25, 0.3) is 0 Å².